The van der Waals surface area contributed by atoms with Crippen LogP contribution in [0.4, 0.5) is 0 Å². The molecule has 2 rings (SSSR count). The van der Waals surface area contributed by atoms with Crippen molar-refractivity contribution in [2.75, 3.05) is 7.11 Å². The molecule has 106 valence electrons. The Morgan fingerprint density at radius 1 is 1.15 bits per heavy atom. The van der Waals surface area contributed by atoms with Crippen LogP contribution in [0, 0.1) is 0 Å². The largest absolute Gasteiger partial charge is 0.496 e. The number of halogens is 2. The number of para-hydroxylation sites is 1. The fraction of sp³-hybridized carbons (Fsp3) is 0.250. The van der Waals surface area contributed by atoms with Crippen LogP contribution in [-0.2, 0) is 12.0 Å². The lowest BCUT2D eigenvalue weighted by atomic mass is 9.86. The zero-order valence-corrected chi connectivity index (χ0v) is 13.0. The Balaban J connectivity index is 2.35. The van der Waals surface area contributed by atoms with E-state index in [0.29, 0.717) is 16.5 Å². The number of methoxy groups -OCH3 is 1. The molecule has 0 spiro atoms. The molecular formula is C16H17Cl2NO. The Morgan fingerprint density at radius 2 is 1.85 bits per heavy atom. The van der Waals surface area contributed by atoms with Gasteiger partial charge in [0.15, 0.2) is 0 Å². The molecule has 1 atom stereocenters. The van der Waals surface area contributed by atoms with E-state index in [2.05, 4.69) is 0 Å². The lowest BCUT2D eigenvalue weighted by molar-refractivity contribution is 0.386. The van der Waals surface area contributed by atoms with E-state index in [1.165, 1.54) is 0 Å². The van der Waals surface area contributed by atoms with E-state index in [1.54, 1.807) is 13.2 Å². The summed E-state index contributed by atoms with van der Waals surface area (Å²) in [5, 5.41) is 1.25. The topological polar surface area (TPSA) is 35.2 Å². The van der Waals surface area contributed by atoms with Crippen molar-refractivity contribution >= 4 is 23.2 Å². The third kappa shape index (κ3) is 3.26. The minimum atomic E-state index is -0.579. The molecule has 0 saturated carbocycles. The molecule has 0 bridgehead atoms. The highest BCUT2D eigenvalue weighted by atomic mass is 35.5. The number of rotatable bonds is 4. The van der Waals surface area contributed by atoms with Crippen molar-refractivity contribution in [3.8, 4) is 5.75 Å². The lowest BCUT2D eigenvalue weighted by Crippen LogP contribution is -2.36. The van der Waals surface area contributed by atoms with Crippen molar-refractivity contribution in [1.82, 2.24) is 0 Å². The number of hydrogen-bond donors (Lipinski definition) is 1. The molecule has 0 aromatic heterocycles. The summed E-state index contributed by atoms with van der Waals surface area (Å²) in [5.41, 5.74) is 7.82. The van der Waals surface area contributed by atoms with Crippen molar-refractivity contribution in [3.05, 3.63) is 63.6 Å². The Labute approximate surface area is 129 Å². The van der Waals surface area contributed by atoms with Crippen LogP contribution in [0.15, 0.2) is 42.5 Å². The van der Waals surface area contributed by atoms with E-state index in [1.807, 2.05) is 43.3 Å². The Hall–Kier alpha value is -1.22. The fourth-order valence-electron chi connectivity index (χ4n) is 2.27. The van der Waals surface area contributed by atoms with Gasteiger partial charge in [0.25, 0.3) is 0 Å². The number of hydrogen-bond acceptors (Lipinski definition) is 2. The van der Waals surface area contributed by atoms with Gasteiger partial charge in [0.2, 0.25) is 0 Å². The van der Waals surface area contributed by atoms with Crippen molar-refractivity contribution in [2.24, 2.45) is 5.73 Å². The first kappa shape index (κ1) is 15.2. The van der Waals surface area contributed by atoms with Gasteiger partial charge < -0.3 is 10.5 Å². The molecule has 0 heterocycles. The van der Waals surface area contributed by atoms with E-state index < -0.39 is 5.54 Å². The quantitative estimate of drug-likeness (QED) is 0.907. The molecule has 0 aliphatic rings. The van der Waals surface area contributed by atoms with Crippen molar-refractivity contribution in [2.45, 2.75) is 18.9 Å². The van der Waals surface area contributed by atoms with Crippen molar-refractivity contribution in [3.63, 3.8) is 0 Å². The highest BCUT2D eigenvalue weighted by Gasteiger charge is 2.26. The monoisotopic (exact) mass is 309 g/mol. The average molecular weight is 310 g/mol. The Kier molecular flexibility index (Phi) is 4.59. The maximum atomic E-state index is 6.48. The molecule has 2 aromatic carbocycles. The summed E-state index contributed by atoms with van der Waals surface area (Å²) in [4.78, 5) is 0. The van der Waals surface area contributed by atoms with E-state index in [0.717, 1.165) is 16.9 Å². The molecule has 0 aliphatic carbocycles. The van der Waals surface area contributed by atoms with Gasteiger partial charge in [0.05, 0.1) is 7.11 Å². The van der Waals surface area contributed by atoms with Crippen LogP contribution in [0.2, 0.25) is 10.0 Å². The molecule has 0 fully saturated rings. The molecule has 0 saturated heterocycles. The summed E-state index contributed by atoms with van der Waals surface area (Å²) < 4.78 is 5.38. The molecule has 2 N–H and O–H groups in total. The van der Waals surface area contributed by atoms with Crippen LogP contribution in [0.1, 0.15) is 18.1 Å². The Morgan fingerprint density at radius 3 is 2.50 bits per heavy atom. The second-order valence-corrected chi connectivity index (χ2v) is 5.87. The highest BCUT2D eigenvalue weighted by Crippen LogP contribution is 2.33. The molecule has 1 unspecified atom stereocenters. The van der Waals surface area contributed by atoms with Crippen molar-refractivity contribution in [1.29, 1.82) is 0 Å². The van der Waals surface area contributed by atoms with Gasteiger partial charge >= 0.3 is 0 Å². The summed E-state index contributed by atoms with van der Waals surface area (Å²) in [5.74, 6) is 0.780. The van der Waals surface area contributed by atoms with Crippen LogP contribution in [0.5, 0.6) is 5.75 Å². The van der Waals surface area contributed by atoms with Crippen LogP contribution in [0.25, 0.3) is 0 Å². The predicted molar refractivity (Wildman–Crippen MR) is 84.7 cm³/mol. The fourth-order valence-corrected chi connectivity index (χ4v) is 2.75. The van der Waals surface area contributed by atoms with Gasteiger partial charge in [-0.3, -0.25) is 0 Å². The summed E-state index contributed by atoms with van der Waals surface area (Å²) in [6, 6.07) is 13.2. The molecule has 2 nitrogen and oxygen atoms in total. The molecule has 20 heavy (non-hydrogen) atoms. The molecule has 4 heteroatoms. The van der Waals surface area contributed by atoms with Crippen LogP contribution in [-0.4, -0.2) is 7.11 Å². The maximum Gasteiger partial charge on any atom is 0.123 e. The second-order valence-electron chi connectivity index (χ2n) is 5.03. The first-order chi connectivity index (χ1) is 9.44. The third-order valence-electron chi connectivity index (χ3n) is 3.30. The van der Waals surface area contributed by atoms with Gasteiger partial charge in [0.1, 0.15) is 5.75 Å². The lowest BCUT2D eigenvalue weighted by Gasteiger charge is -2.27. The average Bonchev–Trinajstić information content (AvgIpc) is 2.42. The third-order valence-corrected chi connectivity index (χ3v) is 3.88. The molecular weight excluding hydrogens is 293 g/mol. The Bertz CT molecular complexity index is 611. The number of ether oxygens (including phenoxy) is 1. The van der Waals surface area contributed by atoms with Crippen molar-refractivity contribution < 1.29 is 4.74 Å². The summed E-state index contributed by atoms with van der Waals surface area (Å²) in [6.07, 6.45) is 0.601. The molecule has 0 amide bonds. The van der Waals surface area contributed by atoms with E-state index >= 15 is 0 Å². The second kappa shape index (κ2) is 6.04. The zero-order chi connectivity index (χ0) is 14.8. The minimum Gasteiger partial charge on any atom is -0.496 e. The van der Waals surface area contributed by atoms with Gasteiger partial charge in [-0.1, -0.05) is 47.5 Å². The normalized spacial score (nSPS) is 13.8. The molecule has 0 aliphatic heterocycles. The van der Waals surface area contributed by atoms with Gasteiger partial charge in [-0.15, -0.1) is 0 Å². The van der Waals surface area contributed by atoms with E-state index in [9.17, 15) is 0 Å². The van der Waals surface area contributed by atoms with Gasteiger partial charge in [-0.25, -0.2) is 0 Å². The predicted octanol–water partition coefficient (Wildman–Crippen LogP) is 4.42. The maximum absolute atomic E-state index is 6.48. The molecule has 0 radical (unpaired) electrons. The standard InChI is InChI=1S/C16H17Cl2NO/c1-16(19,13-5-3-4-6-15(13)20-2)10-11-7-8-12(17)9-14(11)18/h3-9H,10,19H2,1-2H3. The first-order valence-corrected chi connectivity index (χ1v) is 7.06. The summed E-state index contributed by atoms with van der Waals surface area (Å²) in [6.45, 7) is 1.97. The van der Waals surface area contributed by atoms with Gasteiger partial charge in [0, 0.05) is 21.1 Å². The summed E-state index contributed by atoms with van der Waals surface area (Å²) in [7, 11) is 1.64. The van der Waals surface area contributed by atoms with Gasteiger partial charge in [-0.05, 0) is 37.1 Å². The SMILES string of the molecule is COc1ccccc1C(C)(N)Cc1ccc(Cl)cc1Cl. The van der Waals surface area contributed by atoms with E-state index in [-0.39, 0.29) is 0 Å². The van der Waals surface area contributed by atoms with Crippen LogP contribution >= 0.6 is 23.2 Å². The van der Waals surface area contributed by atoms with Crippen LogP contribution in [0.3, 0.4) is 0 Å². The minimum absolute atomic E-state index is 0.579. The zero-order valence-electron chi connectivity index (χ0n) is 11.5. The van der Waals surface area contributed by atoms with Gasteiger partial charge in [-0.2, -0.15) is 0 Å². The van der Waals surface area contributed by atoms with Crippen LogP contribution < -0.4 is 10.5 Å². The van der Waals surface area contributed by atoms with E-state index in [4.69, 9.17) is 33.7 Å². The highest BCUT2D eigenvalue weighted by molar-refractivity contribution is 6.35. The summed E-state index contributed by atoms with van der Waals surface area (Å²) >= 11 is 12.1. The smallest absolute Gasteiger partial charge is 0.123 e. The number of benzene rings is 2. The number of nitrogens with two attached hydrogens (primary N) is 1. The first-order valence-electron chi connectivity index (χ1n) is 6.30. The molecule has 2 aromatic rings.